The smallest absolute Gasteiger partial charge is 0.271 e. The minimum Gasteiger partial charge on any atom is -0.383 e. The maximum atomic E-state index is 12.1. The lowest BCUT2D eigenvalue weighted by molar-refractivity contribution is -0.126. The molecular formula is C15H22N4O3. The molecule has 1 atom stereocenters. The van der Waals surface area contributed by atoms with E-state index >= 15 is 0 Å². The predicted molar refractivity (Wildman–Crippen MR) is 79.4 cm³/mol. The van der Waals surface area contributed by atoms with E-state index < -0.39 is 0 Å². The van der Waals surface area contributed by atoms with Gasteiger partial charge in [-0.05, 0) is 25.7 Å². The number of nitrogens with one attached hydrogen (secondary N) is 2. The fraction of sp³-hybridized carbons (Fsp3) is 0.667. The Kier molecular flexibility index (Phi) is 4.42. The maximum Gasteiger partial charge on any atom is 0.271 e. The Labute approximate surface area is 129 Å². The second kappa shape index (κ2) is 6.48. The van der Waals surface area contributed by atoms with Crippen molar-refractivity contribution in [1.29, 1.82) is 0 Å². The van der Waals surface area contributed by atoms with Crippen LogP contribution < -0.4 is 10.6 Å². The molecule has 1 fully saturated rings. The first-order valence-corrected chi connectivity index (χ1v) is 7.80. The molecule has 7 heteroatoms. The Morgan fingerprint density at radius 1 is 1.41 bits per heavy atom. The standard InChI is InChI=1S/C15H22N4O3/c1-22-7-6-16-14(20)10-2-5-12-13(17-9-19(12)8-10)15(21)18-11-3-4-11/h9-11H,2-8H2,1H3,(H,16,20)(H,18,21). The highest BCUT2D eigenvalue weighted by molar-refractivity contribution is 5.94. The molecule has 0 spiro atoms. The van der Waals surface area contributed by atoms with Gasteiger partial charge in [0, 0.05) is 26.2 Å². The maximum absolute atomic E-state index is 12.1. The molecule has 1 unspecified atom stereocenters. The van der Waals surface area contributed by atoms with Gasteiger partial charge in [-0.15, -0.1) is 0 Å². The Bertz CT molecular complexity index is 565. The summed E-state index contributed by atoms with van der Waals surface area (Å²) in [5.74, 6) is -0.113. The molecule has 1 aliphatic carbocycles. The molecule has 1 aliphatic heterocycles. The van der Waals surface area contributed by atoms with Crippen molar-refractivity contribution in [2.24, 2.45) is 5.92 Å². The number of hydrogen-bond donors (Lipinski definition) is 2. The lowest BCUT2D eigenvalue weighted by atomic mass is 9.96. The van der Waals surface area contributed by atoms with E-state index in [2.05, 4.69) is 15.6 Å². The average Bonchev–Trinajstić information content (AvgIpc) is 3.22. The minimum atomic E-state index is -0.0840. The van der Waals surface area contributed by atoms with Gasteiger partial charge in [0.15, 0.2) is 0 Å². The summed E-state index contributed by atoms with van der Waals surface area (Å²) in [6.45, 7) is 1.62. The van der Waals surface area contributed by atoms with E-state index in [4.69, 9.17) is 4.74 Å². The van der Waals surface area contributed by atoms with Gasteiger partial charge in [0.1, 0.15) is 5.69 Å². The van der Waals surface area contributed by atoms with E-state index in [0.29, 0.717) is 37.9 Å². The Morgan fingerprint density at radius 2 is 2.23 bits per heavy atom. The Balaban J connectivity index is 1.60. The highest BCUT2D eigenvalue weighted by Gasteiger charge is 2.30. The van der Waals surface area contributed by atoms with Crippen molar-refractivity contribution < 1.29 is 14.3 Å². The lowest BCUT2D eigenvalue weighted by Crippen LogP contribution is -2.37. The molecule has 120 valence electrons. The third-order valence-electron chi connectivity index (χ3n) is 4.20. The number of carbonyl (C=O) groups excluding carboxylic acids is 2. The van der Waals surface area contributed by atoms with Gasteiger partial charge in [-0.2, -0.15) is 0 Å². The van der Waals surface area contributed by atoms with E-state index in [1.54, 1.807) is 13.4 Å². The zero-order valence-electron chi connectivity index (χ0n) is 12.8. The predicted octanol–water partition coefficient (Wildman–Crippen LogP) is 0.100. The van der Waals surface area contributed by atoms with Crippen LogP contribution in [0.5, 0.6) is 0 Å². The molecule has 2 N–H and O–H groups in total. The van der Waals surface area contributed by atoms with Crippen molar-refractivity contribution >= 4 is 11.8 Å². The summed E-state index contributed by atoms with van der Waals surface area (Å²) in [6, 6.07) is 0.327. The molecule has 1 aromatic heterocycles. The summed E-state index contributed by atoms with van der Waals surface area (Å²) >= 11 is 0. The summed E-state index contributed by atoms with van der Waals surface area (Å²) in [5.41, 5.74) is 1.46. The van der Waals surface area contributed by atoms with Crippen LogP contribution in [0, 0.1) is 5.92 Å². The zero-order valence-corrected chi connectivity index (χ0v) is 12.8. The summed E-state index contributed by atoms with van der Waals surface area (Å²) < 4.78 is 6.86. The molecule has 2 amide bonds. The normalized spacial score (nSPS) is 20.3. The van der Waals surface area contributed by atoms with Gasteiger partial charge in [-0.3, -0.25) is 9.59 Å². The van der Waals surface area contributed by atoms with Gasteiger partial charge in [0.25, 0.3) is 5.91 Å². The van der Waals surface area contributed by atoms with Gasteiger partial charge in [0.2, 0.25) is 5.91 Å². The molecular weight excluding hydrogens is 284 g/mol. The quantitative estimate of drug-likeness (QED) is 0.730. The Morgan fingerprint density at radius 3 is 2.95 bits per heavy atom. The van der Waals surface area contributed by atoms with E-state index in [0.717, 1.165) is 25.0 Å². The Hall–Kier alpha value is -1.89. The molecule has 0 aromatic carbocycles. The number of nitrogens with zero attached hydrogens (tertiary/aromatic N) is 2. The molecule has 1 saturated carbocycles. The van der Waals surface area contributed by atoms with Crippen LogP contribution in [0.25, 0.3) is 0 Å². The first kappa shape index (κ1) is 15.0. The monoisotopic (exact) mass is 306 g/mol. The number of carbonyl (C=O) groups is 2. The van der Waals surface area contributed by atoms with Crippen molar-refractivity contribution in [3.8, 4) is 0 Å². The summed E-state index contributed by atoms with van der Waals surface area (Å²) in [6.07, 6.45) is 5.24. The zero-order chi connectivity index (χ0) is 15.5. The molecule has 2 heterocycles. The lowest BCUT2D eigenvalue weighted by Gasteiger charge is -2.23. The largest absolute Gasteiger partial charge is 0.383 e. The third-order valence-corrected chi connectivity index (χ3v) is 4.20. The average molecular weight is 306 g/mol. The first-order valence-electron chi connectivity index (χ1n) is 7.80. The van der Waals surface area contributed by atoms with Crippen LogP contribution in [0.15, 0.2) is 6.33 Å². The van der Waals surface area contributed by atoms with E-state index in [1.807, 2.05) is 4.57 Å². The molecule has 3 rings (SSSR count). The van der Waals surface area contributed by atoms with Crippen molar-refractivity contribution in [1.82, 2.24) is 20.2 Å². The van der Waals surface area contributed by atoms with Crippen LogP contribution in [0.1, 0.15) is 35.4 Å². The van der Waals surface area contributed by atoms with Crippen molar-refractivity contribution in [2.45, 2.75) is 38.3 Å². The van der Waals surface area contributed by atoms with Crippen LogP contribution in [0.2, 0.25) is 0 Å². The van der Waals surface area contributed by atoms with E-state index in [9.17, 15) is 9.59 Å². The SMILES string of the molecule is COCCNC(=O)C1CCc2c(C(=O)NC3CC3)ncn2C1. The number of ether oxygens (including phenoxy) is 1. The number of rotatable bonds is 6. The van der Waals surface area contributed by atoms with Crippen molar-refractivity contribution in [3.05, 3.63) is 17.7 Å². The van der Waals surface area contributed by atoms with Gasteiger partial charge in [0.05, 0.1) is 24.5 Å². The molecule has 1 aromatic rings. The number of methoxy groups -OCH3 is 1. The van der Waals surface area contributed by atoms with E-state index in [-0.39, 0.29) is 17.7 Å². The summed E-state index contributed by atoms with van der Waals surface area (Å²) in [5, 5.41) is 5.84. The second-order valence-electron chi connectivity index (χ2n) is 5.96. The van der Waals surface area contributed by atoms with Gasteiger partial charge in [-0.1, -0.05) is 0 Å². The van der Waals surface area contributed by atoms with Crippen LogP contribution in [-0.4, -0.2) is 47.7 Å². The van der Waals surface area contributed by atoms with Crippen LogP contribution >= 0.6 is 0 Å². The molecule has 0 bridgehead atoms. The highest BCUT2D eigenvalue weighted by Crippen LogP contribution is 2.24. The number of amides is 2. The summed E-state index contributed by atoms with van der Waals surface area (Å²) in [7, 11) is 1.61. The minimum absolute atomic E-state index is 0.0420. The number of imidazole rings is 1. The van der Waals surface area contributed by atoms with Crippen molar-refractivity contribution in [2.75, 3.05) is 20.3 Å². The van der Waals surface area contributed by atoms with Crippen LogP contribution in [0.3, 0.4) is 0 Å². The highest BCUT2D eigenvalue weighted by atomic mass is 16.5. The summed E-state index contributed by atoms with van der Waals surface area (Å²) in [4.78, 5) is 28.5. The number of aromatic nitrogens is 2. The first-order chi connectivity index (χ1) is 10.7. The molecule has 22 heavy (non-hydrogen) atoms. The molecule has 7 nitrogen and oxygen atoms in total. The second-order valence-corrected chi connectivity index (χ2v) is 5.96. The van der Waals surface area contributed by atoms with Gasteiger partial charge < -0.3 is 19.9 Å². The molecule has 0 radical (unpaired) electrons. The van der Waals surface area contributed by atoms with Crippen LogP contribution in [-0.2, 0) is 22.5 Å². The molecule has 0 saturated heterocycles. The van der Waals surface area contributed by atoms with Crippen molar-refractivity contribution in [3.63, 3.8) is 0 Å². The number of fused-ring (bicyclic) bond motifs is 1. The van der Waals surface area contributed by atoms with E-state index in [1.165, 1.54) is 0 Å². The fourth-order valence-electron chi connectivity index (χ4n) is 2.77. The fourth-order valence-corrected chi connectivity index (χ4v) is 2.77. The number of hydrogen-bond acceptors (Lipinski definition) is 4. The third kappa shape index (κ3) is 3.30. The topological polar surface area (TPSA) is 85.2 Å². The van der Waals surface area contributed by atoms with Gasteiger partial charge in [-0.25, -0.2) is 4.98 Å². The van der Waals surface area contributed by atoms with Crippen LogP contribution in [0.4, 0.5) is 0 Å². The molecule has 2 aliphatic rings. The van der Waals surface area contributed by atoms with Gasteiger partial charge >= 0.3 is 0 Å².